The van der Waals surface area contributed by atoms with E-state index in [9.17, 15) is 4.79 Å². The fraction of sp³-hybridized carbons (Fsp3) is 0.833. The number of rotatable bonds is 3. The summed E-state index contributed by atoms with van der Waals surface area (Å²) in [6.45, 7) is -0.0769. The zero-order chi connectivity index (χ0) is 8.27. The van der Waals surface area contributed by atoms with Crippen LogP contribution in [0.5, 0.6) is 0 Å². The van der Waals surface area contributed by atoms with Gasteiger partial charge in [-0.25, -0.2) is 4.79 Å². The third kappa shape index (κ3) is 1.81. The van der Waals surface area contributed by atoms with Gasteiger partial charge in [-0.05, 0) is 6.42 Å². The van der Waals surface area contributed by atoms with Gasteiger partial charge in [0.1, 0.15) is 0 Å². The van der Waals surface area contributed by atoms with Crippen LogP contribution < -0.4 is 10.6 Å². The SMILES string of the molecule is O=C1NC(CO)C(CCO)N1. The maximum atomic E-state index is 10.7. The summed E-state index contributed by atoms with van der Waals surface area (Å²) in [7, 11) is 0. The van der Waals surface area contributed by atoms with Crippen molar-refractivity contribution in [1.29, 1.82) is 0 Å². The average Bonchev–Trinajstić information content (AvgIpc) is 2.32. The van der Waals surface area contributed by atoms with E-state index < -0.39 is 0 Å². The van der Waals surface area contributed by atoms with Crippen molar-refractivity contribution in [1.82, 2.24) is 10.6 Å². The van der Waals surface area contributed by atoms with Gasteiger partial charge >= 0.3 is 6.03 Å². The van der Waals surface area contributed by atoms with E-state index in [1.807, 2.05) is 0 Å². The first-order valence-electron chi connectivity index (χ1n) is 3.56. The zero-order valence-corrected chi connectivity index (χ0v) is 6.08. The third-order valence-corrected chi connectivity index (χ3v) is 1.76. The lowest BCUT2D eigenvalue weighted by Gasteiger charge is -2.13. The van der Waals surface area contributed by atoms with Crippen LogP contribution in [-0.4, -0.2) is 41.5 Å². The van der Waals surface area contributed by atoms with E-state index in [0.717, 1.165) is 0 Å². The molecule has 64 valence electrons. The van der Waals surface area contributed by atoms with E-state index >= 15 is 0 Å². The Morgan fingerprint density at radius 1 is 1.27 bits per heavy atom. The van der Waals surface area contributed by atoms with Crippen LogP contribution in [0.1, 0.15) is 6.42 Å². The zero-order valence-electron chi connectivity index (χ0n) is 6.08. The fourth-order valence-electron chi connectivity index (χ4n) is 1.16. The number of carbonyl (C=O) groups is 1. The predicted molar refractivity (Wildman–Crippen MR) is 38.0 cm³/mol. The molecule has 2 atom stereocenters. The van der Waals surface area contributed by atoms with Crippen LogP contribution in [0.25, 0.3) is 0 Å². The molecule has 4 N–H and O–H groups in total. The summed E-state index contributed by atoms with van der Waals surface area (Å²) in [5.41, 5.74) is 0. The topological polar surface area (TPSA) is 81.6 Å². The molecular weight excluding hydrogens is 148 g/mol. The predicted octanol–water partition coefficient (Wildman–Crippen LogP) is -1.59. The number of nitrogens with one attached hydrogen (secondary N) is 2. The number of urea groups is 1. The quantitative estimate of drug-likeness (QED) is 0.402. The summed E-state index contributed by atoms with van der Waals surface area (Å²) in [5, 5.41) is 22.4. The lowest BCUT2D eigenvalue weighted by molar-refractivity contribution is 0.217. The maximum absolute atomic E-state index is 10.7. The molecule has 1 fully saturated rings. The van der Waals surface area contributed by atoms with E-state index in [0.29, 0.717) is 6.42 Å². The molecule has 0 bridgehead atoms. The van der Waals surface area contributed by atoms with E-state index in [1.165, 1.54) is 0 Å². The molecule has 0 aromatic heterocycles. The van der Waals surface area contributed by atoms with Crippen molar-refractivity contribution in [3.63, 3.8) is 0 Å². The highest BCUT2D eigenvalue weighted by atomic mass is 16.3. The molecule has 1 heterocycles. The normalized spacial score (nSPS) is 29.8. The second-order valence-corrected chi connectivity index (χ2v) is 2.53. The molecule has 0 aliphatic carbocycles. The molecule has 5 nitrogen and oxygen atoms in total. The van der Waals surface area contributed by atoms with Crippen molar-refractivity contribution in [3.8, 4) is 0 Å². The molecular formula is C6H12N2O3. The number of aliphatic hydroxyl groups is 2. The molecule has 0 spiro atoms. The molecule has 0 saturated carbocycles. The molecule has 1 aliphatic heterocycles. The lowest BCUT2D eigenvalue weighted by atomic mass is 10.1. The van der Waals surface area contributed by atoms with Gasteiger partial charge in [-0.1, -0.05) is 0 Å². The Morgan fingerprint density at radius 2 is 1.91 bits per heavy atom. The van der Waals surface area contributed by atoms with E-state index in [-0.39, 0.29) is 31.3 Å². The highest BCUT2D eigenvalue weighted by Gasteiger charge is 2.29. The summed E-state index contributed by atoms with van der Waals surface area (Å²) in [6.07, 6.45) is 0.476. The summed E-state index contributed by atoms with van der Waals surface area (Å²) in [4.78, 5) is 10.7. The van der Waals surface area contributed by atoms with Gasteiger partial charge in [0.2, 0.25) is 0 Å². The van der Waals surface area contributed by atoms with Gasteiger partial charge in [0, 0.05) is 6.61 Å². The molecule has 11 heavy (non-hydrogen) atoms. The molecule has 0 aromatic rings. The van der Waals surface area contributed by atoms with Crippen molar-refractivity contribution in [2.24, 2.45) is 0 Å². The number of amides is 2. The largest absolute Gasteiger partial charge is 0.396 e. The Hall–Kier alpha value is -0.810. The van der Waals surface area contributed by atoms with Crippen LogP contribution in [-0.2, 0) is 0 Å². The summed E-state index contributed by atoms with van der Waals surface area (Å²) < 4.78 is 0. The van der Waals surface area contributed by atoms with E-state index in [2.05, 4.69) is 10.6 Å². The first-order chi connectivity index (χ1) is 5.27. The van der Waals surface area contributed by atoms with Gasteiger partial charge in [-0.2, -0.15) is 0 Å². The van der Waals surface area contributed by atoms with Crippen LogP contribution >= 0.6 is 0 Å². The van der Waals surface area contributed by atoms with Crippen molar-refractivity contribution in [2.45, 2.75) is 18.5 Å². The van der Waals surface area contributed by atoms with Crippen LogP contribution in [0.15, 0.2) is 0 Å². The number of hydrogen-bond donors (Lipinski definition) is 4. The highest BCUT2D eigenvalue weighted by Crippen LogP contribution is 2.04. The first-order valence-corrected chi connectivity index (χ1v) is 3.56. The minimum atomic E-state index is -0.275. The Balaban J connectivity index is 2.43. The summed E-state index contributed by atoms with van der Waals surface area (Å²) >= 11 is 0. The molecule has 2 unspecified atom stereocenters. The number of aliphatic hydroxyl groups excluding tert-OH is 2. The standard InChI is InChI=1S/C6H12N2O3/c9-2-1-4-5(3-10)8-6(11)7-4/h4-5,9-10H,1-3H2,(H2,7,8,11). The van der Waals surface area contributed by atoms with Gasteiger partial charge in [0.05, 0.1) is 18.7 Å². The van der Waals surface area contributed by atoms with Crippen LogP contribution in [0.4, 0.5) is 4.79 Å². The summed E-state index contributed by atoms with van der Waals surface area (Å²) in [5.74, 6) is 0. The second kappa shape index (κ2) is 3.54. The number of carbonyl (C=O) groups excluding carboxylic acids is 1. The summed E-state index contributed by atoms with van der Waals surface area (Å²) in [6, 6.07) is -0.672. The first kappa shape index (κ1) is 8.29. The molecule has 1 saturated heterocycles. The lowest BCUT2D eigenvalue weighted by Crippen LogP contribution is -2.37. The number of hydrogen-bond acceptors (Lipinski definition) is 3. The smallest absolute Gasteiger partial charge is 0.315 e. The Labute approximate surface area is 64.4 Å². The molecule has 1 aliphatic rings. The van der Waals surface area contributed by atoms with Crippen LogP contribution in [0.2, 0.25) is 0 Å². The van der Waals surface area contributed by atoms with Gasteiger partial charge < -0.3 is 20.8 Å². The van der Waals surface area contributed by atoms with Crippen molar-refractivity contribution in [2.75, 3.05) is 13.2 Å². The van der Waals surface area contributed by atoms with Crippen molar-refractivity contribution < 1.29 is 15.0 Å². The van der Waals surface area contributed by atoms with Gasteiger partial charge in [-0.15, -0.1) is 0 Å². The highest BCUT2D eigenvalue weighted by molar-refractivity contribution is 5.77. The van der Waals surface area contributed by atoms with E-state index in [4.69, 9.17) is 10.2 Å². The van der Waals surface area contributed by atoms with Crippen LogP contribution in [0, 0.1) is 0 Å². The monoisotopic (exact) mass is 160 g/mol. The Morgan fingerprint density at radius 3 is 2.45 bits per heavy atom. The van der Waals surface area contributed by atoms with Gasteiger partial charge in [-0.3, -0.25) is 0 Å². The minimum Gasteiger partial charge on any atom is -0.396 e. The molecule has 1 rings (SSSR count). The molecule has 2 amide bonds. The van der Waals surface area contributed by atoms with E-state index in [1.54, 1.807) is 0 Å². The Kier molecular flexibility index (Phi) is 2.67. The second-order valence-electron chi connectivity index (χ2n) is 2.53. The van der Waals surface area contributed by atoms with Gasteiger partial charge in [0.25, 0.3) is 0 Å². The molecule has 5 heteroatoms. The Bertz CT molecular complexity index is 151. The average molecular weight is 160 g/mol. The van der Waals surface area contributed by atoms with Crippen LogP contribution in [0.3, 0.4) is 0 Å². The molecule has 0 aromatic carbocycles. The van der Waals surface area contributed by atoms with Crippen molar-refractivity contribution >= 4 is 6.03 Å². The molecule has 0 radical (unpaired) electrons. The third-order valence-electron chi connectivity index (χ3n) is 1.76. The van der Waals surface area contributed by atoms with Crippen molar-refractivity contribution in [3.05, 3.63) is 0 Å². The van der Waals surface area contributed by atoms with Gasteiger partial charge in [0.15, 0.2) is 0 Å². The minimum absolute atomic E-state index is 0.0170. The fourth-order valence-corrected chi connectivity index (χ4v) is 1.16. The maximum Gasteiger partial charge on any atom is 0.315 e.